The van der Waals surface area contributed by atoms with Crippen molar-refractivity contribution in [1.29, 1.82) is 0 Å². The monoisotopic (exact) mass is 212 g/mol. The molecule has 1 rings (SSSR count). The molecule has 16 heavy (non-hydrogen) atoms. The number of rotatable bonds is 4. The Hall–Kier alpha value is -1.56. The smallest absolute Gasteiger partial charge is 0.0139 e. The standard InChI is InChI=1S/C16H20/c1-5-9-13(2)14(3)12-15(4)16-10-7-6-8-11-16/h5-8,10-12H,1,9H2,2-4H3. The molecule has 0 atom stereocenters. The van der Waals surface area contributed by atoms with Gasteiger partial charge in [-0.2, -0.15) is 0 Å². The Morgan fingerprint density at radius 3 is 2.31 bits per heavy atom. The van der Waals surface area contributed by atoms with E-state index in [1.807, 2.05) is 12.1 Å². The van der Waals surface area contributed by atoms with Gasteiger partial charge >= 0.3 is 0 Å². The topological polar surface area (TPSA) is 0 Å². The highest BCUT2D eigenvalue weighted by atomic mass is 14.0. The van der Waals surface area contributed by atoms with Gasteiger partial charge in [-0.3, -0.25) is 0 Å². The summed E-state index contributed by atoms with van der Waals surface area (Å²) in [6.07, 6.45) is 5.16. The van der Waals surface area contributed by atoms with Gasteiger partial charge in [0.25, 0.3) is 0 Å². The molecule has 0 saturated heterocycles. The number of hydrogen-bond donors (Lipinski definition) is 0. The van der Waals surface area contributed by atoms with E-state index in [9.17, 15) is 0 Å². The fourth-order valence-electron chi connectivity index (χ4n) is 1.61. The highest BCUT2D eigenvalue weighted by molar-refractivity contribution is 5.66. The van der Waals surface area contributed by atoms with Gasteiger partial charge < -0.3 is 0 Å². The molecule has 1 aromatic rings. The highest BCUT2D eigenvalue weighted by Gasteiger charge is 1.96. The van der Waals surface area contributed by atoms with Crippen molar-refractivity contribution in [2.24, 2.45) is 0 Å². The molecule has 0 radical (unpaired) electrons. The van der Waals surface area contributed by atoms with Crippen molar-refractivity contribution in [3.8, 4) is 0 Å². The lowest BCUT2D eigenvalue weighted by Crippen LogP contribution is -1.83. The van der Waals surface area contributed by atoms with Gasteiger partial charge in [-0.05, 0) is 38.3 Å². The second-order valence-electron chi connectivity index (χ2n) is 4.15. The van der Waals surface area contributed by atoms with Crippen LogP contribution in [-0.4, -0.2) is 0 Å². The zero-order chi connectivity index (χ0) is 12.0. The summed E-state index contributed by atoms with van der Waals surface area (Å²) in [5, 5.41) is 0. The van der Waals surface area contributed by atoms with Crippen LogP contribution in [-0.2, 0) is 0 Å². The minimum Gasteiger partial charge on any atom is -0.103 e. The Balaban J connectivity index is 2.93. The third-order valence-electron chi connectivity index (χ3n) is 2.79. The van der Waals surface area contributed by atoms with Crippen LogP contribution < -0.4 is 0 Å². The summed E-state index contributed by atoms with van der Waals surface area (Å²) in [6, 6.07) is 10.5. The van der Waals surface area contributed by atoms with Crippen LogP contribution in [0.5, 0.6) is 0 Å². The normalized spacial score (nSPS) is 13.3. The van der Waals surface area contributed by atoms with E-state index >= 15 is 0 Å². The molecule has 0 unspecified atom stereocenters. The first-order valence-corrected chi connectivity index (χ1v) is 5.66. The zero-order valence-electron chi connectivity index (χ0n) is 10.5. The first kappa shape index (κ1) is 12.5. The van der Waals surface area contributed by atoms with Crippen LogP contribution in [0.15, 0.2) is 60.2 Å². The third-order valence-corrected chi connectivity index (χ3v) is 2.79. The van der Waals surface area contributed by atoms with Crippen molar-refractivity contribution < 1.29 is 0 Å². The van der Waals surface area contributed by atoms with Crippen molar-refractivity contribution in [3.63, 3.8) is 0 Å². The second-order valence-corrected chi connectivity index (χ2v) is 4.15. The Morgan fingerprint density at radius 1 is 1.12 bits per heavy atom. The van der Waals surface area contributed by atoms with Crippen LogP contribution in [0.4, 0.5) is 0 Å². The predicted molar refractivity (Wildman–Crippen MR) is 73.3 cm³/mol. The Morgan fingerprint density at radius 2 is 1.75 bits per heavy atom. The lowest BCUT2D eigenvalue weighted by molar-refractivity contribution is 1.17. The van der Waals surface area contributed by atoms with E-state index in [-0.39, 0.29) is 0 Å². The molecule has 0 heteroatoms. The summed E-state index contributed by atoms with van der Waals surface area (Å²) in [5.41, 5.74) is 5.31. The van der Waals surface area contributed by atoms with Crippen LogP contribution in [0.3, 0.4) is 0 Å². The van der Waals surface area contributed by atoms with Gasteiger partial charge in [-0.25, -0.2) is 0 Å². The molecule has 0 nitrogen and oxygen atoms in total. The van der Waals surface area contributed by atoms with Gasteiger partial charge in [-0.1, -0.05) is 53.6 Å². The molecular weight excluding hydrogens is 192 g/mol. The van der Waals surface area contributed by atoms with E-state index in [1.165, 1.54) is 22.3 Å². The lowest BCUT2D eigenvalue weighted by Gasteiger charge is -2.04. The molecule has 0 saturated carbocycles. The van der Waals surface area contributed by atoms with Crippen LogP contribution in [0.1, 0.15) is 32.8 Å². The van der Waals surface area contributed by atoms with Gasteiger partial charge in [0.1, 0.15) is 0 Å². The zero-order valence-corrected chi connectivity index (χ0v) is 10.5. The van der Waals surface area contributed by atoms with Crippen molar-refractivity contribution in [3.05, 3.63) is 65.8 Å². The predicted octanol–water partition coefficient (Wildman–Crippen LogP) is 5.00. The molecule has 84 valence electrons. The molecule has 0 amide bonds. The summed E-state index contributed by atoms with van der Waals surface area (Å²) in [7, 11) is 0. The molecule has 0 heterocycles. The molecule has 0 bridgehead atoms. The maximum atomic E-state index is 3.77. The maximum absolute atomic E-state index is 3.77. The van der Waals surface area contributed by atoms with Gasteiger partial charge in [0, 0.05) is 0 Å². The fraction of sp³-hybridized carbons (Fsp3) is 0.250. The summed E-state index contributed by atoms with van der Waals surface area (Å²) in [5.74, 6) is 0. The van der Waals surface area contributed by atoms with Crippen molar-refractivity contribution in [2.45, 2.75) is 27.2 Å². The van der Waals surface area contributed by atoms with E-state index in [0.29, 0.717) is 0 Å². The molecule has 0 aliphatic heterocycles. The largest absolute Gasteiger partial charge is 0.103 e. The van der Waals surface area contributed by atoms with E-state index in [1.54, 1.807) is 0 Å². The average Bonchev–Trinajstić information content (AvgIpc) is 2.30. The van der Waals surface area contributed by atoms with Crippen LogP contribution in [0.25, 0.3) is 5.57 Å². The molecule has 0 aliphatic rings. The number of benzene rings is 1. The van der Waals surface area contributed by atoms with Crippen molar-refractivity contribution in [2.75, 3.05) is 0 Å². The van der Waals surface area contributed by atoms with Crippen LogP contribution >= 0.6 is 0 Å². The van der Waals surface area contributed by atoms with Gasteiger partial charge in [0.15, 0.2) is 0 Å². The Bertz CT molecular complexity index is 405. The van der Waals surface area contributed by atoms with E-state index in [4.69, 9.17) is 0 Å². The van der Waals surface area contributed by atoms with E-state index in [0.717, 1.165) is 6.42 Å². The summed E-state index contributed by atoms with van der Waals surface area (Å²) in [6.45, 7) is 10.2. The Kier molecular flexibility index (Phi) is 4.78. The number of hydrogen-bond acceptors (Lipinski definition) is 0. The SMILES string of the molecule is C=CCC(C)=C(C)C=C(C)c1ccccc1. The fourth-order valence-corrected chi connectivity index (χ4v) is 1.61. The van der Waals surface area contributed by atoms with Crippen LogP contribution in [0, 0.1) is 0 Å². The molecular formula is C16H20. The van der Waals surface area contributed by atoms with E-state index < -0.39 is 0 Å². The molecule has 1 aromatic carbocycles. The summed E-state index contributed by atoms with van der Waals surface area (Å²) < 4.78 is 0. The van der Waals surface area contributed by atoms with Crippen LogP contribution in [0.2, 0.25) is 0 Å². The van der Waals surface area contributed by atoms with Gasteiger partial charge in [0.05, 0.1) is 0 Å². The second kappa shape index (κ2) is 6.12. The van der Waals surface area contributed by atoms with Crippen molar-refractivity contribution in [1.82, 2.24) is 0 Å². The van der Waals surface area contributed by atoms with Gasteiger partial charge in [-0.15, -0.1) is 6.58 Å². The summed E-state index contributed by atoms with van der Waals surface area (Å²) >= 11 is 0. The quantitative estimate of drug-likeness (QED) is 0.486. The minimum absolute atomic E-state index is 0.963. The first-order chi connectivity index (χ1) is 7.65. The average molecular weight is 212 g/mol. The summed E-state index contributed by atoms with van der Waals surface area (Å²) in [4.78, 5) is 0. The number of allylic oxidation sites excluding steroid dienone is 5. The molecule has 0 N–H and O–H groups in total. The highest BCUT2D eigenvalue weighted by Crippen LogP contribution is 2.18. The van der Waals surface area contributed by atoms with Gasteiger partial charge in [0.2, 0.25) is 0 Å². The van der Waals surface area contributed by atoms with E-state index in [2.05, 4.69) is 57.7 Å². The molecule has 0 fully saturated rings. The Labute approximate surface area is 99.0 Å². The maximum Gasteiger partial charge on any atom is -0.0139 e. The minimum atomic E-state index is 0.963. The molecule has 0 spiro atoms. The third kappa shape index (κ3) is 3.54. The molecule has 0 aliphatic carbocycles. The van der Waals surface area contributed by atoms with Crippen molar-refractivity contribution >= 4 is 5.57 Å². The first-order valence-electron chi connectivity index (χ1n) is 5.66. The lowest BCUT2D eigenvalue weighted by atomic mass is 10.0. The molecule has 0 aromatic heterocycles.